The smallest absolute Gasteiger partial charge is 0.270 e. The summed E-state index contributed by atoms with van der Waals surface area (Å²) in [6.07, 6.45) is 0. The van der Waals surface area contributed by atoms with Crippen LogP contribution in [0.3, 0.4) is 0 Å². The van der Waals surface area contributed by atoms with E-state index in [-0.39, 0.29) is 5.69 Å². The predicted molar refractivity (Wildman–Crippen MR) is 83.1 cm³/mol. The molecule has 0 atom stereocenters. The first-order chi connectivity index (χ1) is 9.95. The number of nitro benzene ring substituents is 1. The van der Waals surface area contributed by atoms with Gasteiger partial charge in [-0.2, -0.15) is 0 Å². The lowest BCUT2D eigenvalue weighted by Gasteiger charge is -2.08. The molecule has 7 heteroatoms. The van der Waals surface area contributed by atoms with Gasteiger partial charge >= 0.3 is 0 Å². The minimum Gasteiger partial charge on any atom is -0.381 e. The number of carbonyl (C=O) groups is 1. The molecule has 0 heterocycles. The molecule has 2 aromatic carbocycles. The number of carbonyl (C=O) groups excluding carboxylic acids is 1. The van der Waals surface area contributed by atoms with Crippen molar-refractivity contribution in [1.29, 1.82) is 0 Å². The molecule has 0 aliphatic heterocycles. The van der Waals surface area contributed by atoms with Crippen molar-refractivity contribution in [1.82, 2.24) is 0 Å². The van der Waals surface area contributed by atoms with Crippen molar-refractivity contribution < 1.29 is 9.72 Å². The first-order valence-corrected chi connectivity index (χ1v) is 6.82. The Labute approximate surface area is 129 Å². The van der Waals surface area contributed by atoms with E-state index in [2.05, 4.69) is 21.2 Å². The molecule has 108 valence electrons. The summed E-state index contributed by atoms with van der Waals surface area (Å²) in [5.41, 5.74) is 7.11. The van der Waals surface area contributed by atoms with Gasteiger partial charge in [0, 0.05) is 34.4 Å². The maximum Gasteiger partial charge on any atom is 0.270 e. The third-order valence-corrected chi connectivity index (χ3v) is 3.25. The van der Waals surface area contributed by atoms with Crippen molar-refractivity contribution in [2.75, 3.05) is 5.32 Å². The van der Waals surface area contributed by atoms with Crippen molar-refractivity contribution >= 4 is 33.2 Å². The lowest BCUT2D eigenvalue weighted by Crippen LogP contribution is -2.11. The molecule has 1 amide bonds. The minimum atomic E-state index is -0.503. The van der Waals surface area contributed by atoms with Gasteiger partial charge in [0.25, 0.3) is 5.69 Å². The highest BCUT2D eigenvalue weighted by Crippen LogP contribution is 2.22. The zero-order valence-corrected chi connectivity index (χ0v) is 12.5. The third kappa shape index (κ3) is 4.03. The van der Waals surface area contributed by atoms with E-state index in [1.54, 1.807) is 30.3 Å². The van der Waals surface area contributed by atoms with E-state index in [1.807, 2.05) is 0 Å². The molecule has 0 radical (unpaired) electrons. The van der Waals surface area contributed by atoms with E-state index in [0.717, 1.165) is 5.56 Å². The van der Waals surface area contributed by atoms with Crippen LogP contribution in [0, 0.1) is 10.1 Å². The zero-order chi connectivity index (χ0) is 15.4. The summed E-state index contributed by atoms with van der Waals surface area (Å²) in [7, 11) is 0. The number of hydrogen-bond donors (Lipinski definition) is 2. The van der Waals surface area contributed by atoms with Gasteiger partial charge in [0.2, 0.25) is 5.91 Å². The van der Waals surface area contributed by atoms with Crippen LogP contribution in [0.2, 0.25) is 0 Å². The molecule has 0 fully saturated rings. The average Bonchev–Trinajstić information content (AvgIpc) is 2.45. The number of rotatable bonds is 5. The summed E-state index contributed by atoms with van der Waals surface area (Å²) in [4.78, 5) is 21.5. The highest BCUT2D eigenvalue weighted by atomic mass is 79.9. The molecule has 2 aromatic rings. The number of nitrogens with zero attached hydrogens (tertiary/aromatic N) is 1. The van der Waals surface area contributed by atoms with Crippen LogP contribution in [-0.4, -0.2) is 10.8 Å². The van der Waals surface area contributed by atoms with Gasteiger partial charge in [-0.1, -0.05) is 22.0 Å². The second-order valence-corrected chi connectivity index (χ2v) is 5.29. The summed E-state index contributed by atoms with van der Waals surface area (Å²) < 4.78 is 0.638. The summed E-state index contributed by atoms with van der Waals surface area (Å²) in [5.74, 6) is -0.503. The van der Waals surface area contributed by atoms with Gasteiger partial charge in [0.1, 0.15) is 0 Å². The summed E-state index contributed by atoms with van der Waals surface area (Å²) in [6, 6.07) is 11.5. The normalized spacial score (nSPS) is 10.1. The van der Waals surface area contributed by atoms with Crippen LogP contribution in [0.25, 0.3) is 0 Å². The number of hydrogen-bond acceptors (Lipinski definition) is 4. The molecule has 0 aliphatic carbocycles. The van der Waals surface area contributed by atoms with Crippen LogP contribution in [0.4, 0.5) is 11.4 Å². The lowest BCUT2D eigenvalue weighted by molar-refractivity contribution is -0.385. The topological polar surface area (TPSA) is 98.3 Å². The van der Waals surface area contributed by atoms with Gasteiger partial charge in [-0.25, -0.2) is 0 Å². The Morgan fingerprint density at radius 3 is 2.71 bits per heavy atom. The Balaban J connectivity index is 2.14. The highest BCUT2D eigenvalue weighted by molar-refractivity contribution is 9.10. The fourth-order valence-electron chi connectivity index (χ4n) is 1.83. The second-order valence-electron chi connectivity index (χ2n) is 4.37. The number of halogens is 1. The number of nitro groups is 1. The maximum atomic E-state index is 11.1. The molecule has 0 aromatic heterocycles. The molecular formula is C14H12BrN3O3. The maximum absolute atomic E-state index is 11.1. The van der Waals surface area contributed by atoms with E-state index >= 15 is 0 Å². The van der Waals surface area contributed by atoms with Crippen LogP contribution in [-0.2, 0) is 6.54 Å². The van der Waals surface area contributed by atoms with Crippen molar-refractivity contribution in [3.63, 3.8) is 0 Å². The highest BCUT2D eigenvalue weighted by Gasteiger charge is 2.09. The number of amides is 1. The number of benzene rings is 2. The fraction of sp³-hybridized carbons (Fsp3) is 0.0714. The Morgan fingerprint density at radius 1 is 1.29 bits per heavy atom. The van der Waals surface area contributed by atoms with Crippen LogP contribution in [0.5, 0.6) is 0 Å². The summed E-state index contributed by atoms with van der Waals surface area (Å²) in [6.45, 7) is 0.391. The molecule has 2 rings (SSSR count). The van der Waals surface area contributed by atoms with Crippen molar-refractivity contribution in [2.45, 2.75) is 6.54 Å². The molecule has 0 saturated heterocycles. The van der Waals surface area contributed by atoms with Crippen LogP contribution >= 0.6 is 15.9 Å². The molecule has 21 heavy (non-hydrogen) atoms. The largest absolute Gasteiger partial charge is 0.381 e. The Bertz CT molecular complexity index is 704. The molecule has 0 bridgehead atoms. The van der Waals surface area contributed by atoms with Gasteiger partial charge in [0.05, 0.1) is 4.92 Å². The van der Waals surface area contributed by atoms with E-state index < -0.39 is 10.8 Å². The van der Waals surface area contributed by atoms with Crippen LogP contribution in [0.15, 0.2) is 46.9 Å². The lowest BCUT2D eigenvalue weighted by atomic mass is 10.1. The molecule has 3 N–H and O–H groups in total. The summed E-state index contributed by atoms with van der Waals surface area (Å²) >= 11 is 3.24. The van der Waals surface area contributed by atoms with Gasteiger partial charge < -0.3 is 11.1 Å². The number of anilines is 1. The Hall–Kier alpha value is -2.41. The monoisotopic (exact) mass is 349 g/mol. The zero-order valence-electron chi connectivity index (χ0n) is 10.9. The van der Waals surface area contributed by atoms with Crippen LogP contribution in [0.1, 0.15) is 15.9 Å². The van der Waals surface area contributed by atoms with E-state index in [0.29, 0.717) is 22.3 Å². The fourth-order valence-corrected chi connectivity index (χ4v) is 2.36. The van der Waals surface area contributed by atoms with E-state index in [1.165, 1.54) is 12.1 Å². The molecule has 0 aliphatic rings. The minimum absolute atomic E-state index is 0.0204. The Kier molecular flexibility index (Phi) is 4.54. The standard InChI is InChI=1S/C14H12BrN3O3/c15-11-4-9(5-13(7-11)18(20)21)8-17-12-3-1-2-10(6-12)14(16)19/h1-7,17H,8H2,(H2,16,19). The number of non-ortho nitro benzene ring substituents is 1. The number of nitrogens with one attached hydrogen (secondary N) is 1. The predicted octanol–water partition coefficient (Wildman–Crippen LogP) is 3.07. The Morgan fingerprint density at radius 2 is 2.05 bits per heavy atom. The van der Waals surface area contributed by atoms with Crippen molar-refractivity contribution in [3.05, 3.63) is 68.2 Å². The quantitative estimate of drug-likeness (QED) is 0.640. The molecule has 0 saturated carbocycles. The van der Waals surface area contributed by atoms with Gasteiger partial charge in [-0.15, -0.1) is 0 Å². The number of nitrogens with two attached hydrogens (primary N) is 1. The first kappa shape index (κ1) is 15.0. The molecule has 0 spiro atoms. The molecular weight excluding hydrogens is 338 g/mol. The van der Waals surface area contributed by atoms with Gasteiger partial charge in [-0.3, -0.25) is 14.9 Å². The first-order valence-electron chi connectivity index (χ1n) is 6.03. The average molecular weight is 350 g/mol. The van der Waals surface area contributed by atoms with Gasteiger partial charge in [-0.05, 0) is 29.8 Å². The van der Waals surface area contributed by atoms with E-state index in [9.17, 15) is 14.9 Å². The van der Waals surface area contributed by atoms with Crippen molar-refractivity contribution in [3.8, 4) is 0 Å². The van der Waals surface area contributed by atoms with Gasteiger partial charge in [0.15, 0.2) is 0 Å². The number of primary amides is 1. The third-order valence-electron chi connectivity index (χ3n) is 2.80. The SMILES string of the molecule is NC(=O)c1cccc(NCc2cc(Br)cc([N+](=O)[O-])c2)c1. The second kappa shape index (κ2) is 6.36. The molecule has 6 nitrogen and oxygen atoms in total. The van der Waals surface area contributed by atoms with Crippen molar-refractivity contribution in [2.24, 2.45) is 5.73 Å². The van der Waals surface area contributed by atoms with E-state index in [4.69, 9.17) is 5.73 Å². The molecule has 0 unspecified atom stereocenters. The summed E-state index contributed by atoms with van der Waals surface area (Å²) in [5, 5.41) is 13.9. The van der Waals surface area contributed by atoms with Crippen LogP contribution < -0.4 is 11.1 Å².